The van der Waals surface area contributed by atoms with Crippen LogP contribution >= 0.6 is 0 Å². The minimum Gasteiger partial charge on any atom is -0.478 e. The maximum absolute atomic E-state index is 13.0. The second-order valence-electron chi connectivity index (χ2n) is 7.76. The van der Waals surface area contributed by atoms with Gasteiger partial charge in [0.25, 0.3) is 0 Å². The third-order valence-electron chi connectivity index (χ3n) is 5.25. The molecule has 10 nitrogen and oxygen atoms in total. The zero-order valence-corrected chi connectivity index (χ0v) is 19.8. The lowest BCUT2D eigenvalue weighted by Crippen LogP contribution is -2.03. The Hall–Kier alpha value is -5.03. The fraction of sp³-hybridized carbons (Fsp3) is 0. The summed E-state index contributed by atoms with van der Waals surface area (Å²) in [6, 6.07) is 19.6. The van der Waals surface area contributed by atoms with Gasteiger partial charge in [0.2, 0.25) is 9.84 Å². The highest BCUT2D eigenvalue weighted by Crippen LogP contribution is 2.30. The molecular weight excluding hydrogens is 500 g/mol. The van der Waals surface area contributed by atoms with Gasteiger partial charge in [-0.3, -0.25) is 0 Å². The van der Waals surface area contributed by atoms with Gasteiger partial charge in [0.15, 0.2) is 0 Å². The number of benzene rings is 4. The van der Waals surface area contributed by atoms with Crippen LogP contribution in [0.1, 0.15) is 20.7 Å². The maximum atomic E-state index is 13.0. The molecule has 0 aliphatic carbocycles. The molecule has 0 aromatic heterocycles. The van der Waals surface area contributed by atoms with Crippen molar-refractivity contribution in [1.29, 1.82) is 0 Å². The number of rotatable bonds is 8. The quantitative estimate of drug-likeness (QED) is 0.239. The number of sulfone groups is 1. The van der Waals surface area contributed by atoms with Gasteiger partial charge in [0.1, 0.15) is 23.0 Å². The molecule has 0 amide bonds. The van der Waals surface area contributed by atoms with Crippen LogP contribution in [-0.2, 0) is 9.84 Å². The van der Waals surface area contributed by atoms with E-state index in [1.807, 2.05) is 0 Å². The Kier molecular flexibility index (Phi) is 6.72. The summed E-state index contributed by atoms with van der Waals surface area (Å²) in [5.41, 5.74) is 11.3. The molecular formula is C26H20N2O8S. The summed E-state index contributed by atoms with van der Waals surface area (Å²) in [6.45, 7) is 0. The summed E-state index contributed by atoms with van der Waals surface area (Å²) in [4.78, 5) is 22.5. The van der Waals surface area contributed by atoms with Gasteiger partial charge in [-0.15, -0.1) is 0 Å². The Labute approximate surface area is 211 Å². The van der Waals surface area contributed by atoms with Gasteiger partial charge in [0.05, 0.1) is 20.9 Å². The fourth-order valence-electron chi connectivity index (χ4n) is 3.35. The van der Waals surface area contributed by atoms with Gasteiger partial charge >= 0.3 is 11.9 Å². The molecule has 188 valence electrons. The summed E-state index contributed by atoms with van der Waals surface area (Å²) in [7, 11) is -3.86. The van der Waals surface area contributed by atoms with E-state index in [0.717, 1.165) is 0 Å². The van der Waals surface area contributed by atoms with Crippen LogP contribution in [0.3, 0.4) is 0 Å². The number of nitrogens with two attached hydrogens (primary N) is 2. The SMILES string of the molecule is Nc1ccc(Oc2ccc(S(=O)(=O)c3ccc(Oc4ccc(N)c(C(=O)O)c4)cc3)cc2)cc1C(=O)O. The lowest BCUT2D eigenvalue weighted by Gasteiger charge is -2.10. The second kappa shape index (κ2) is 9.91. The number of hydrogen-bond acceptors (Lipinski definition) is 8. The van der Waals surface area contributed by atoms with Crippen LogP contribution in [0, 0.1) is 0 Å². The average Bonchev–Trinajstić information content (AvgIpc) is 2.86. The summed E-state index contributed by atoms with van der Waals surface area (Å²) < 4.78 is 37.3. The highest BCUT2D eigenvalue weighted by molar-refractivity contribution is 7.91. The molecule has 0 spiro atoms. The lowest BCUT2D eigenvalue weighted by molar-refractivity contribution is 0.0687. The Morgan fingerprint density at radius 3 is 1.22 bits per heavy atom. The third kappa shape index (κ3) is 5.46. The molecule has 0 saturated carbocycles. The Bertz CT molecular complexity index is 1480. The standard InChI is InChI=1S/C26H20N2O8S/c27-23-11-5-17(13-21(23)25(29)30)35-15-1-7-19(8-2-15)37(33,34)20-9-3-16(4-10-20)36-18-6-12-24(28)22(14-18)26(31)32/h1-14H,27-28H2,(H,29,30)(H,31,32). The van der Waals surface area contributed by atoms with Gasteiger partial charge < -0.3 is 31.2 Å². The number of carboxylic acids is 2. The van der Waals surface area contributed by atoms with Crippen LogP contribution in [0.2, 0.25) is 0 Å². The van der Waals surface area contributed by atoms with Crippen molar-refractivity contribution in [2.24, 2.45) is 0 Å². The first kappa shape index (κ1) is 25.1. The smallest absolute Gasteiger partial charge is 0.337 e. The molecule has 0 atom stereocenters. The van der Waals surface area contributed by atoms with Crippen LogP contribution < -0.4 is 20.9 Å². The molecule has 37 heavy (non-hydrogen) atoms. The predicted octanol–water partition coefficient (Wildman–Crippen LogP) is 4.66. The van der Waals surface area contributed by atoms with E-state index >= 15 is 0 Å². The van der Waals surface area contributed by atoms with Crippen molar-refractivity contribution in [3.05, 3.63) is 96.1 Å². The van der Waals surface area contributed by atoms with Gasteiger partial charge in [-0.1, -0.05) is 0 Å². The highest BCUT2D eigenvalue weighted by Gasteiger charge is 2.18. The number of aromatic carboxylic acids is 2. The van der Waals surface area contributed by atoms with E-state index < -0.39 is 21.8 Å². The van der Waals surface area contributed by atoms with Gasteiger partial charge in [-0.2, -0.15) is 0 Å². The molecule has 0 unspecified atom stereocenters. The van der Waals surface area contributed by atoms with E-state index in [0.29, 0.717) is 11.5 Å². The average molecular weight is 521 g/mol. The van der Waals surface area contributed by atoms with E-state index in [-0.39, 0.29) is 43.8 Å². The van der Waals surface area contributed by atoms with E-state index in [2.05, 4.69) is 0 Å². The van der Waals surface area contributed by atoms with E-state index in [4.69, 9.17) is 20.9 Å². The number of hydrogen-bond donors (Lipinski definition) is 4. The van der Waals surface area contributed by atoms with Crippen LogP contribution in [0.4, 0.5) is 11.4 Å². The first-order valence-corrected chi connectivity index (χ1v) is 12.1. The number of ether oxygens (including phenoxy) is 2. The third-order valence-corrected chi connectivity index (χ3v) is 7.04. The van der Waals surface area contributed by atoms with Crippen molar-refractivity contribution in [1.82, 2.24) is 0 Å². The molecule has 0 aliphatic rings. The van der Waals surface area contributed by atoms with E-state index in [1.165, 1.54) is 84.9 Å². The highest BCUT2D eigenvalue weighted by atomic mass is 32.2. The molecule has 0 bridgehead atoms. The Morgan fingerprint density at radius 2 is 0.892 bits per heavy atom. The largest absolute Gasteiger partial charge is 0.478 e. The van der Waals surface area contributed by atoms with Crippen molar-refractivity contribution in [2.45, 2.75) is 9.79 Å². The lowest BCUT2D eigenvalue weighted by atomic mass is 10.2. The zero-order valence-electron chi connectivity index (χ0n) is 19.0. The predicted molar refractivity (Wildman–Crippen MR) is 134 cm³/mol. The minimum atomic E-state index is -3.86. The minimum absolute atomic E-state index is 0.0154. The number of nitrogen functional groups attached to an aromatic ring is 2. The number of anilines is 2. The first-order valence-electron chi connectivity index (χ1n) is 10.6. The Balaban J connectivity index is 1.49. The first-order chi connectivity index (χ1) is 17.5. The number of carbonyl (C=O) groups is 2. The van der Waals surface area contributed by atoms with Crippen molar-refractivity contribution < 1.29 is 37.7 Å². The normalized spacial score (nSPS) is 11.0. The van der Waals surface area contributed by atoms with Gasteiger partial charge in [-0.25, -0.2) is 18.0 Å². The van der Waals surface area contributed by atoms with Gasteiger partial charge in [0, 0.05) is 11.4 Å². The molecule has 4 aromatic rings. The van der Waals surface area contributed by atoms with Crippen molar-refractivity contribution >= 4 is 33.2 Å². The molecule has 0 heterocycles. The number of carboxylic acid groups (broad SMARTS) is 2. The summed E-state index contributed by atoms with van der Waals surface area (Å²) >= 11 is 0. The van der Waals surface area contributed by atoms with E-state index in [9.17, 15) is 28.2 Å². The summed E-state index contributed by atoms with van der Waals surface area (Å²) in [5, 5.41) is 18.4. The van der Waals surface area contributed by atoms with Crippen LogP contribution in [0.15, 0.2) is 94.7 Å². The van der Waals surface area contributed by atoms with Crippen molar-refractivity contribution in [3.8, 4) is 23.0 Å². The molecule has 4 rings (SSSR count). The molecule has 4 aromatic carbocycles. The molecule has 11 heteroatoms. The molecule has 0 fully saturated rings. The molecule has 6 N–H and O–H groups in total. The van der Waals surface area contributed by atoms with Crippen LogP contribution in [-0.4, -0.2) is 30.6 Å². The van der Waals surface area contributed by atoms with E-state index in [1.54, 1.807) is 0 Å². The van der Waals surface area contributed by atoms with Crippen molar-refractivity contribution in [2.75, 3.05) is 11.5 Å². The zero-order chi connectivity index (χ0) is 26.7. The Morgan fingerprint density at radius 1 is 0.568 bits per heavy atom. The molecule has 0 saturated heterocycles. The van der Waals surface area contributed by atoms with Crippen molar-refractivity contribution in [3.63, 3.8) is 0 Å². The fourth-order valence-corrected chi connectivity index (χ4v) is 4.61. The molecule has 0 aliphatic heterocycles. The van der Waals surface area contributed by atoms with Crippen LogP contribution in [0.5, 0.6) is 23.0 Å². The van der Waals surface area contributed by atoms with Gasteiger partial charge in [-0.05, 0) is 84.9 Å². The van der Waals surface area contributed by atoms with Crippen LogP contribution in [0.25, 0.3) is 0 Å². The second-order valence-corrected chi connectivity index (χ2v) is 9.71. The topological polar surface area (TPSA) is 179 Å². The monoisotopic (exact) mass is 520 g/mol. The maximum Gasteiger partial charge on any atom is 0.337 e. The summed E-state index contributed by atoms with van der Waals surface area (Å²) in [5.74, 6) is -1.33. The summed E-state index contributed by atoms with van der Waals surface area (Å²) in [6.07, 6.45) is 0. The molecule has 0 radical (unpaired) electrons.